The number of Topliss-reactive ketones (excluding diaryl/α,β-unsaturated/α-hetero) is 1. The van der Waals surface area contributed by atoms with Crippen LogP contribution in [-0.2, 0) is 20.7 Å². The number of benzene rings is 2. The summed E-state index contributed by atoms with van der Waals surface area (Å²) < 4.78 is 5.90. The predicted molar refractivity (Wildman–Crippen MR) is 129 cm³/mol. The van der Waals surface area contributed by atoms with E-state index < -0.39 is 0 Å². The molecule has 0 spiro atoms. The van der Waals surface area contributed by atoms with Crippen LogP contribution in [0.15, 0.2) is 54.6 Å². The summed E-state index contributed by atoms with van der Waals surface area (Å²) in [7, 11) is 0. The fourth-order valence-corrected chi connectivity index (χ4v) is 4.67. The van der Waals surface area contributed by atoms with Crippen molar-refractivity contribution in [2.24, 2.45) is 11.8 Å². The van der Waals surface area contributed by atoms with Crippen LogP contribution in [0.2, 0.25) is 0 Å². The maximum atomic E-state index is 13.0. The van der Waals surface area contributed by atoms with Gasteiger partial charge in [-0.2, -0.15) is 0 Å². The number of carbonyl (C=O) groups is 2. The van der Waals surface area contributed by atoms with Gasteiger partial charge < -0.3 is 4.74 Å². The highest BCUT2D eigenvalue weighted by atomic mass is 16.5. The Morgan fingerprint density at radius 3 is 2.41 bits per heavy atom. The fourth-order valence-electron chi connectivity index (χ4n) is 4.67. The lowest BCUT2D eigenvalue weighted by atomic mass is 9.83. The molecule has 0 bridgehead atoms. The maximum absolute atomic E-state index is 13.0. The summed E-state index contributed by atoms with van der Waals surface area (Å²) in [6.07, 6.45) is 6.02. The van der Waals surface area contributed by atoms with E-state index in [1.807, 2.05) is 30.3 Å². The van der Waals surface area contributed by atoms with Gasteiger partial charge in [-0.15, -0.1) is 0 Å². The quantitative estimate of drug-likeness (QED) is 0.392. The van der Waals surface area contributed by atoms with Crippen LogP contribution < -0.4 is 0 Å². The SMILES string of the molecule is CCC1CCC(c2ccccc2)OC(=O)C(CC(=O)CCCc2ccc(C(C)C)cc2)C1. The van der Waals surface area contributed by atoms with Gasteiger partial charge in [-0.1, -0.05) is 81.8 Å². The smallest absolute Gasteiger partial charge is 0.310 e. The van der Waals surface area contributed by atoms with Gasteiger partial charge in [0.25, 0.3) is 0 Å². The third-order valence-corrected chi connectivity index (χ3v) is 6.84. The maximum Gasteiger partial charge on any atom is 0.310 e. The summed E-state index contributed by atoms with van der Waals surface area (Å²) in [6.45, 7) is 6.57. The highest BCUT2D eigenvalue weighted by molar-refractivity contribution is 5.84. The first-order valence-electron chi connectivity index (χ1n) is 12.3. The van der Waals surface area contributed by atoms with Crippen LogP contribution in [0.3, 0.4) is 0 Å². The first kappa shape index (κ1) is 24.2. The van der Waals surface area contributed by atoms with Gasteiger partial charge in [0.15, 0.2) is 0 Å². The van der Waals surface area contributed by atoms with Crippen molar-refractivity contribution >= 4 is 11.8 Å². The van der Waals surface area contributed by atoms with Crippen LogP contribution in [0.25, 0.3) is 0 Å². The molecule has 1 aliphatic heterocycles. The molecule has 0 saturated carbocycles. The molecule has 3 heteroatoms. The second kappa shape index (κ2) is 12.0. The first-order valence-corrected chi connectivity index (χ1v) is 12.3. The number of cyclic esters (lactones) is 1. The summed E-state index contributed by atoms with van der Waals surface area (Å²) in [5.41, 5.74) is 3.65. The van der Waals surface area contributed by atoms with Gasteiger partial charge >= 0.3 is 5.97 Å². The van der Waals surface area contributed by atoms with E-state index >= 15 is 0 Å². The molecule has 1 heterocycles. The number of rotatable bonds is 9. The van der Waals surface area contributed by atoms with Crippen LogP contribution in [0.4, 0.5) is 0 Å². The van der Waals surface area contributed by atoms with Crippen LogP contribution in [-0.4, -0.2) is 11.8 Å². The lowest BCUT2D eigenvalue weighted by Crippen LogP contribution is -2.28. The largest absolute Gasteiger partial charge is 0.457 e. The highest BCUT2D eigenvalue weighted by Crippen LogP contribution is 2.34. The topological polar surface area (TPSA) is 43.4 Å². The van der Waals surface area contributed by atoms with Crippen molar-refractivity contribution in [3.05, 3.63) is 71.3 Å². The third kappa shape index (κ3) is 7.05. The van der Waals surface area contributed by atoms with Crippen LogP contribution in [0.5, 0.6) is 0 Å². The van der Waals surface area contributed by atoms with Crippen LogP contribution in [0, 0.1) is 11.8 Å². The molecule has 3 nitrogen and oxygen atoms in total. The number of esters is 1. The van der Waals surface area contributed by atoms with Crippen molar-refractivity contribution in [3.63, 3.8) is 0 Å². The molecular formula is C29H38O3. The Balaban J connectivity index is 1.54. The third-order valence-electron chi connectivity index (χ3n) is 6.84. The van der Waals surface area contributed by atoms with Gasteiger partial charge in [0.05, 0.1) is 5.92 Å². The van der Waals surface area contributed by atoms with E-state index in [1.165, 1.54) is 11.1 Å². The lowest BCUT2D eigenvalue weighted by Gasteiger charge is -2.29. The average Bonchev–Trinajstić information content (AvgIpc) is 2.79. The number of ether oxygens (including phenoxy) is 1. The molecule has 1 fully saturated rings. The normalized spacial score (nSPS) is 21.6. The molecule has 0 aromatic heterocycles. The summed E-state index contributed by atoms with van der Waals surface area (Å²) >= 11 is 0. The first-order chi connectivity index (χ1) is 15.5. The summed E-state index contributed by atoms with van der Waals surface area (Å²) in [5.74, 6) is 0.658. The van der Waals surface area contributed by atoms with Crippen molar-refractivity contribution in [2.75, 3.05) is 0 Å². The Morgan fingerprint density at radius 1 is 1.03 bits per heavy atom. The monoisotopic (exact) mass is 434 g/mol. The highest BCUT2D eigenvalue weighted by Gasteiger charge is 2.31. The molecule has 1 aliphatic rings. The second-order valence-corrected chi connectivity index (χ2v) is 9.61. The lowest BCUT2D eigenvalue weighted by molar-refractivity contribution is -0.158. The van der Waals surface area contributed by atoms with E-state index in [0.717, 1.165) is 44.1 Å². The molecular weight excluding hydrogens is 396 g/mol. The standard InChI is InChI=1S/C29H38O3/c1-4-22-15-18-28(25-10-6-5-7-11-25)32-29(31)26(19-22)20-27(30)12-8-9-23-13-16-24(17-14-23)21(2)3/h5-7,10-11,13-14,16-17,21-22,26,28H,4,8-9,12,15,18-20H2,1-3H3. The molecule has 2 aromatic rings. The van der Waals surface area contributed by atoms with Crippen LogP contribution >= 0.6 is 0 Å². The summed E-state index contributed by atoms with van der Waals surface area (Å²) in [5, 5.41) is 0. The van der Waals surface area contributed by atoms with E-state index in [4.69, 9.17) is 4.74 Å². The number of ketones is 1. The van der Waals surface area contributed by atoms with Gasteiger partial charge in [0, 0.05) is 12.8 Å². The fraction of sp³-hybridized carbons (Fsp3) is 0.517. The van der Waals surface area contributed by atoms with Crippen LogP contribution in [0.1, 0.15) is 94.4 Å². The minimum Gasteiger partial charge on any atom is -0.457 e. The number of hydrogen-bond donors (Lipinski definition) is 0. The molecule has 0 radical (unpaired) electrons. The number of carbonyl (C=O) groups excluding carboxylic acids is 2. The van der Waals surface area contributed by atoms with E-state index in [0.29, 0.717) is 24.7 Å². The molecule has 0 N–H and O–H groups in total. The van der Waals surface area contributed by atoms with Gasteiger partial charge in [0.2, 0.25) is 0 Å². The molecule has 2 aromatic carbocycles. The zero-order chi connectivity index (χ0) is 22.9. The molecule has 3 atom stereocenters. The Kier molecular flexibility index (Phi) is 9.08. The van der Waals surface area contributed by atoms with E-state index in [9.17, 15) is 9.59 Å². The summed E-state index contributed by atoms with van der Waals surface area (Å²) in [6, 6.07) is 18.7. The van der Waals surface area contributed by atoms with Gasteiger partial charge in [0.1, 0.15) is 11.9 Å². The summed E-state index contributed by atoms with van der Waals surface area (Å²) in [4.78, 5) is 25.7. The Morgan fingerprint density at radius 2 is 1.75 bits per heavy atom. The Bertz CT molecular complexity index is 854. The Labute approximate surface area is 193 Å². The van der Waals surface area contributed by atoms with Crippen molar-refractivity contribution < 1.29 is 14.3 Å². The van der Waals surface area contributed by atoms with Gasteiger partial charge in [-0.25, -0.2) is 0 Å². The van der Waals surface area contributed by atoms with E-state index in [1.54, 1.807) is 0 Å². The molecule has 3 rings (SSSR count). The van der Waals surface area contributed by atoms with Crippen molar-refractivity contribution in [1.82, 2.24) is 0 Å². The van der Waals surface area contributed by atoms with E-state index in [-0.39, 0.29) is 23.8 Å². The number of aryl methyl sites for hydroxylation is 1. The molecule has 1 saturated heterocycles. The predicted octanol–water partition coefficient (Wildman–Crippen LogP) is 7.20. The minimum atomic E-state index is -0.315. The minimum absolute atomic E-state index is 0.178. The van der Waals surface area contributed by atoms with Gasteiger partial charge in [-0.3, -0.25) is 9.59 Å². The zero-order valence-corrected chi connectivity index (χ0v) is 19.9. The molecule has 0 aliphatic carbocycles. The average molecular weight is 435 g/mol. The van der Waals surface area contributed by atoms with Crippen molar-refractivity contribution in [1.29, 1.82) is 0 Å². The van der Waals surface area contributed by atoms with Gasteiger partial charge in [-0.05, 0) is 60.6 Å². The number of hydrogen-bond acceptors (Lipinski definition) is 3. The Hall–Kier alpha value is -2.42. The second-order valence-electron chi connectivity index (χ2n) is 9.61. The molecule has 3 unspecified atom stereocenters. The molecule has 32 heavy (non-hydrogen) atoms. The van der Waals surface area contributed by atoms with Crippen molar-refractivity contribution in [3.8, 4) is 0 Å². The van der Waals surface area contributed by atoms with Crippen molar-refractivity contribution in [2.45, 2.75) is 84.2 Å². The molecule has 0 amide bonds. The molecule has 172 valence electrons. The zero-order valence-electron chi connectivity index (χ0n) is 19.9. The van der Waals surface area contributed by atoms with E-state index in [2.05, 4.69) is 45.0 Å².